The molecule has 6 rings (SSSR count). The van der Waals surface area contributed by atoms with Crippen molar-refractivity contribution < 1.29 is 5.11 Å². The van der Waals surface area contributed by atoms with Crippen LogP contribution in [0.2, 0.25) is 0 Å². The van der Waals surface area contributed by atoms with E-state index in [0.29, 0.717) is 0 Å². The number of hydrogen-bond donors (Lipinski definition) is 1. The van der Waals surface area contributed by atoms with Crippen LogP contribution < -0.4 is 0 Å². The molecule has 0 aliphatic rings. The maximum Gasteiger partial charge on any atom is 0.0693 e. The Balaban J connectivity index is 1.76. The van der Waals surface area contributed by atoms with Crippen molar-refractivity contribution in [3.8, 4) is 44.5 Å². The Labute approximate surface area is 351 Å². The Kier molecular flexibility index (Phi) is 11.4. The molecule has 0 saturated carbocycles. The summed E-state index contributed by atoms with van der Waals surface area (Å²) in [6.07, 6.45) is 0. The van der Waals surface area contributed by atoms with Gasteiger partial charge in [-0.15, -0.1) is 0 Å². The van der Waals surface area contributed by atoms with Gasteiger partial charge < -0.3 is 5.11 Å². The topological polar surface area (TPSA) is 20.2 Å². The van der Waals surface area contributed by atoms with Crippen molar-refractivity contribution in [2.75, 3.05) is 0 Å². The monoisotopic (exact) mass is 769 g/mol. The molecule has 0 aromatic heterocycles. The van der Waals surface area contributed by atoms with Crippen molar-refractivity contribution in [1.29, 1.82) is 0 Å². The normalized spacial score (nSPS) is 12.1. The molecule has 302 valence electrons. The Hall–Kier alpha value is -4.72. The van der Waals surface area contributed by atoms with E-state index in [0.717, 1.165) is 16.7 Å². The van der Waals surface area contributed by atoms with Gasteiger partial charge in [-0.1, -0.05) is 77.1 Å². The quantitative estimate of drug-likeness (QED) is 0.171. The van der Waals surface area contributed by atoms with E-state index >= 15 is 0 Å². The highest BCUT2D eigenvalue weighted by atomic mass is 16.3. The van der Waals surface area contributed by atoms with Gasteiger partial charge in [-0.3, -0.25) is 0 Å². The second-order valence-electron chi connectivity index (χ2n) is 19.3. The summed E-state index contributed by atoms with van der Waals surface area (Å²) in [6.45, 7) is 40.9. The summed E-state index contributed by atoms with van der Waals surface area (Å²) < 4.78 is 0. The van der Waals surface area contributed by atoms with Crippen molar-refractivity contribution in [3.05, 3.63) is 161 Å². The summed E-state index contributed by atoms with van der Waals surface area (Å²) in [5, 5.41) is 11.5. The Morgan fingerprint density at radius 3 is 1.00 bits per heavy atom. The molecule has 0 aliphatic heterocycles. The van der Waals surface area contributed by atoms with Crippen molar-refractivity contribution in [1.82, 2.24) is 0 Å². The Morgan fingerprint density at radius 2 is 0.672 bits per heavy atom. The van der Waals surface area contributed by atoms with Crippen molar-refractivity contribution in [2.45, 2.75) is 142 Å². The number of aliphatic hydroxyl groups excluding tert-OH is 1. The summed E-state index contributed by atoms with van der Waals surface area (Å²) in [7, 11) is 0. The highest BCUT2D eigenvalue weighted by Crippen LogP contribution is 2.47. The average Bonchev–Trinajstić information content (AvgIpc) is 3.16. The van der Waals surface area contributed by atoms with E-state index in [1.807, 2.05) is 0 Å². The maximum atomic E-state index is 11.5. The van der Waals surface area contributed by atoms with Crippen LogP contribution in [0.25, 0.3) is 44.5 Å². The van der Waals surface area contributed by atoms with E-state index < -0.39 is 5.41 Å². The predicted molar refractivity (Wildman–Crippen MR) is 253 cm³/mol. The summed E-state index contributed by atoms with van der Waals surface area (Å²) in [5.41, 5.74) is 31.2. The van der Waals surface area contributed by atoms with E-state index in [4.69, 9.17) is 0 Å². The molecule has 58 heavy (non-hydrogen) atoms. The van der Waals surface area contributed by atoms with Crippen LogP contribution in [0, 0.1) is 90.0 Å². The predicted octanol–water partition coefficient (Wildman–Crippen LogP) is 15.5. The molecule has 0 unspecified atom stereocenters. The van der Waals surface area contributed by atoms with Gasteiger partial charge in [0.15, 0.2) is 0 Å². The molecule has 0 heterocycles. The smallest absolute Gasteiger partial charge is 0.0693 e. The lowest BCUT2D eigenvalue weighted by molar-refractivity contribution is 0.283. The molecule has 0 fully saturated rings. The first kappa shape index (κ1) is 42.9. The fourth-order valence-electron chi connectivity index (χ4n) is 9.46. The molecule has 0 aliphatic carbocycles. The molecule has 6 aromatic carbocycles. The van der Waals surface area contributed by atoms with Crippen LogP contribution in [0.1, 0.15) is 129 Å². The molecule has 0 radical (unpaired) electrons. The van der Waals surface area contributed by atoms with Crippen LogP contribution in [0.3, 0.4) is 0 Å². The van der Waals surface area contributed by atoms with Gasteiger partial charge in [0.2, 0.25) is 0 Å². The average molecular weight is 769 g/mol. The van der Waals surface area contributed by atoms with Gasteiger partial charge in [-0.05, 0) is 259 Å². The highest BCUT2D eigenvalue weighted by Gasteiger charge is 2.31. The van der Waals surface area contributed by atoms with Crippen molar-refractivity contribution >= 4 is 0 Å². The summed E-state index contributed by atoms with van der Waals surface area (Å²) in [4.78, 5) is 0. The number of benzene rings is 6. The van der Waals surface area contributed by atoms with Crippen molar-refractivity contribution in [2.24, 2.45) is 0 Å². The van der Waals surface area contributed by atoms with Gasteiger partial charge in [-0.2, -0.15) is 0 Å². The lowest BCUT2D eigenvalue weighted by Gasteiger charge is -2.32. The zero-order valence-corrected chi connectivity index (χ0v) is 39.0. The number of hydrogen-bond acceptors (Lipinski definition) is 1. The van der Waals surface area contributed by atoms with E-state index in [1.165, 1.54) is 122 Å². The second-order valence-corrected chi connectivity index (χ2v) is 19.3. The number of aryl methyl sites for hydroxylation is 6. The van der Waals surface area contributed by atoms with Gasteiger partial charge in [0.25, 0.3) is 0 Å². The van der Waals surface area contributed by atoms with Crippen LogP contribution in [0.4, 0.5) is 0 Å². The van der Waals surface area contributed by atoms with E-state index in [1.54, 1.807) is 0 Å². The van der Waals surface area contributed by atoms with E-state index in [2.05, 4.69) is 191 Å². The molecule has 1 N–H and O–H groups in total. The minimum absolute atomic E-state index is 0.0439. The van der Waals surface area contributed by atoms with Gasteiger partial charge >= 0.3 is 0 Å². The molecule has 0 saturated heterocycles. The summed E-state index contributed by atoms with van der Waals surface area (Å²) in [6, 6.07) is 26.0. The first-order valence-electron chi connectivity index (χ1n) is 21.3. The van der Waals surface area contributed by atoms with Crippen LogP contribution in [0.5, 0.6) is 0 Å². The molecule has 0 spiro atoms. The third-order valence-corrected chi connectivity index (χ3v) is 14.2. The highest BCUT2D eigenvalue weighted by molar-refractivity contribution is 5.88. The first-order valence-corrected chi connectivity index (χ1v) is 21.3. The van der Waals surface area contributed by atoms with Gasteiger partial charge in [0.05, 0.1) is 6.61 Å². The minimum atomic E-state index is -0.415. The lowest BCUT2D eigenvalue weighted by atomic mass is 9.72. The fourth-order valence-corrected chi connectivity index (χ4v) is 9.46. The molecule has 0 amide bonds. The van der Waals surface area contributed by atoms with Crippen LogP contribution >= 0.6 is 0 Å². The van der Waals surface area contributed by atoms with Crippen molar-refractivity contribution in [3.63, 3.8) is 0 Å². The Bertz CT molecular complexity index is 2440. The second kappa shape index (κ2) is 15.5. The zero-order chi connectivity index (χ0) is 42.9. The third-order valence-electron chi connectivity index (χ3n) is 14.2. The first-order chi connectivity index (χ1) is 27.0. The molecular weight excluding hydrogens is 701 g/mol. The van der Waals surface area contributed by atoms with Gasteiger partial charge in [0, 0.05) is 5.41 Å². The molecular formula is C57H68O. The van der Waals surface area contributed by atoms with E-state index in [9.17, 15) is 5.11 Å². The molecule has 1 nitrogen and oxygen atoms in total. The molecule has 1 heteroatoms. The Morgan fingerprint density at radius 1 is 0.362 bits per heavy atom. The minimum Gasteiger partial charge on any atom is -0.392 e. The maximum absolute atomic E-state index is 11.5. The standard InChI is InChI=1S/C57H68O/c1-31-23-32(2)38(8)53(37(31)7)49-27-46(26-48(43(49)13)44-19-21-45(22-20-44)56(14,15)16)57(17,18)47-28-50(54-39(9)33(3)24-34(4)40(54)10)52(30-58)51(29-47)55-41(11)35(5)25-36(6)42(55)12/h19-29,58H,30H2,1-18H3. The van der Waals surface area contributed by atoms with Crippen LogP contribution in [-0.2, 0) is 17.4 Å². The van der Waals surface area contributed by atoms with Gasteiger partial charge in [0.1, 0.15) is 0 Å². The van der Waals surface area contributed by atoms with Gasteiger partial charge in [-0.25, -0.2) is 0 Å². The fraction of sp³-hybridized carbons (Fsp3) is 0.368. The number of aliphatic hydroxyl groups is 1. The van der Waals surface area contributed by atoms with E-state index in [-0.39, 0.29) is 12.0 Å². The molecule has 0 bridgehead atoms. The zero-order valence-electron chi connectivity index (χ0n) is 39.0. The largest absolute Gasteiger partial charge is 0.392 e. The number of rotatable bonds is 7. The lowest BCUT2D eigenvalue weighted by Crippen LogP contribution is -2.21. The molecule has 6 aromatic rings. The van der Waals surface area contributed by atoms with Crippen LogP contribution in [-0.4, -0.2) is 5.11 Å². The summed E-state index contributed by atoms with van der Waals surface area (Å²) in [5.74, 6) is 0. The SMILES string of the molecule is Cc1cc(C)c(C)c(-c2cc(C(C)(C)c3cc(-c4c(C)c(C)cc(C)c4C)c(CO)c(-c4c(C)c(C)cc(C)c4C)c3)cc(-c3ccc(C(C)(C)C)cc3)c2C)c1C. The summed E-state index contributed by atoms with van der Waals surface area (Å²) >= 11 is 0. The molecule has 0 atom stereocenters. The van der Waals surface area contributed by atoms with Crippen LogP contribution in [0.15, 0.2) is 66.7 Å². The third kappa shape index (κ3) is 7.30.